The summed E-state index contributed by atoms with van der Waals surface area (Å²) in [6.45, 7) is 1.84. The fourth-order valence-electron chi connectivity index (χ4n) is 1.70. The van der Waals surface area contributed by atoms with Gasteiger partial charge in [-0.15, -0.1) is 0 Å². The van der Waals surface area contributed by atoms with Crippen LogP contribution < -0.4 is 5.32 Å². The molecule has 0 aromatic heterocycles. The van der Waals surface area contributed by atoms with Gasteiger partial charge < -0.3 is 19.8 Å². The van der Waals surface area contributed by atoms with Crippen molar-refractivity contribution in [1.29, 1.82) is 0 Å². The molecule has 0 unspecified atom stereocenters. The summed E-state index contributed by atoms with van der Waals surface area (Å²) in [7, 11) is 4.34. The molecule has 9 heteroatoms. The SMILES string of the molecule is CNC(=O)C(=NOC)c1ccccc1CON=C(Br)C(C)=NOC. The van der Waals surface area contributed by atoms with Gasteiger partial charge in [-0.25, -0.2) is 0 Å². The summed E-state index contributed by atoms with van der Waals surface area (Å²) in [5, 5.41) is 13.9. The lowest BCUT2D eigenvalue weighted by Gasteiger charge is -2.10. The Morgan fingerprint density at radius 1 is 1.17 bits per heavy atom. The average molecular weight is 399 g/mol. The molecule has 0 fully saturated rings. The first-order valence-corrected chi connectivity index (χ1v) is 7.69. The van der Waals surface area contributed by atoms with Crippen LogP contribution in [0.25, 0.3) is 0 Å². The van der Waals surface area contributed by atoms with E-state index in [0.29, 0.717) is 15.9 Å². The van der Waals surface area contributed by atoms with Gasteiger partial charge >= 0.3 is 0 Å². The van der Waals surface area contributed by atoms with E-state index in [1.54, 1.807) is 19.1 Å². The number of carbonyl (C=O) groups is 1. The highest BCUT2D eigenvalue weighted by Gasteiger charge is 2.17. The number of carbonyl (C=O) groups excluding carboxylic acids is 1. The quantitative estimate of drug-likeness (QED) is 0.535. The van der Waals surface area contributed by atoms with Gasteiger partial charge in [0.15, 0.2) is 10.3 Å². The highest BCUT2D eigenvalue weighted by atomic mass is 79.9. The van der Waals surface area contributed by atoms with Crippen molar-refractivity contribution in [3.05, 3.63) is 35.4 Å². The predicted molar refractivity (Wildman–Crippen MR) is 95.3 cm³/mol. The Hall–Kier alpha value is -2.42. The van der Waals surface area contributed by atoms with Gasteiger partial charge in [0.25, 0.3) is 5.91 Å². The zero-order chi connectivity index (χ0) is 17.9. The number of likely N-dealkylation sites (N-methyl/N-ethyl adjacent to an activating group) is 1. The van der Waals surface area contributed by atoms with E-state index in [1.165, 1.54) is 21.3 Å². The zero-order valence-electron chi connectivity index (χ0n) is 13.9. The summed E-state index contributed by atoms with van der Waals surface area (Å²) in [6, 6.07) is 7.18. The Bertz CT molecular complexity index is 659. The molecule has 1 N–H and O–H groups in total. The van der Waals surface area contributed by atoms with Crippen LogP contribution in [0, 0.1) is 0 Å². The molecule has 0 radical (unpaired) electrons. The van der Waals surface area contributed by atoms with E-state index in [0.717, 1.165) is 5.56 Å². The van der Waals surface area contributed by atoms with Crippen LogP contribution in [0.4, 0.5) is 0 Å². The van der Waals surface area contributed by atoms with Gasteiger partial charge in [-0.3, -0.25) is 4.79 Å². The minimum absolute atomic E-state index is 0.130. The summed E-state index contributed by atoms with van der Waals surface area (Å²) in [5.41, 5.74) is 1.99. The molecule has 1 aromatic rings. The van der Waals surface area contributed by atoms with Crippen molar-refractivity contribution in [2.24, 2.45) is 15.5 Å². The van der Waals surface area contributed by atoms with Gasteiger partial charge in [0.05, 0.1) is 0 Å². The summed E-state index contributed by atoms with van der Waals surface area (Å²) in [5.74, 6) is -0.364. The average Bonchev–Trinajstić information content (AvgIpc) is 2.59. The Morgan fingerprint density at radius 2 is 1.83 bits per heavy atom. The van der Waals surface area contributed by atoms with E-state index in [1.807, 2.05) is 12.1 Å². The molecule has 0 bridgehead atoms. The van der Waals surface area contributed by atoms with Crippen molar-refractivity contribution in [3.63, 3.8) is 0 Å². The molecular weight excluding hydrogens is 380 g/mol. The molecule has 8 nitrogen and oxygen atoms in total. The van der Waals surface area contributed by atoms with Crippen molar-refractivity contribution in [2.45, 2.75) is 13.5 Å². The molecule has 1 amide bonds. The number of benzene rings is 1. The van der Waals surface area contributed by atoms with E-state index in [-0.39, 0.29) is 18.2 Å². The van der Waals surface area contributed by atoms with Crippen LogP contribution in [-0.2, 0) is 25.9 Å². The van der Waals surface area contributed by atoms with Crippen molar-refractivity contribution in [3.8, 4) is 0 Å². The molecule has 130 valence electrons. The summed E-state index contributed by atoms with van der Waals surface area (Å²) >= 11 is 3.23. The van der Waals surface area contributed by atoms with Crippen molar-refractivity contribution in [2.75, 3.05) is 21.3 Å². The molecule has 1 rings (SSSR count). The van der Waals surface area contributed by atoms with Gasteiger partial charge in [0, 0.05) is 18.2 Å². The fourth-order valence-corrected chi connectivity index (χ4v) is 1.87. The van der Waals surface area contributed by atoms with Gasteiger partial charge in [-0.2, -0.15) is 0 Å². The van der Waals surface area contributed by atoms with Crippen LogP contribution >= 0.6 is 15.9 Å². The van der Waals surface area contributed by atoms with Crippen LogP contribution in [0.5, 0.6) is 0 Å². The largest absolute Gasteiger partial charge is 0.399 e. The molecule has 0 atom stereocenters. The molecule has 0 aliphatic rings. The second-order valence-electron chi connectivity index (χ2n) is 4.37. The lowest BCUT2D eigenvalue weighted by atomic mass is 10.0. The Kier molecular flexibility index (Phi) is 8.48. The molecule has 0 aliphatic heterocycles. The molecule has 0 spiro atoms. The van der Waals surface area contributed by atoms with Gasteiger partial charge in [-0.05, 0) is 22.9 Å². The molecule has 0 saturated heterocycles. The summed E-state index contributed by atoms with van der Waals surface area (Å²) < 4.78 is 0.402. The van der Waals surface area contributed by atoms with Crippen molar-refractivity contribution >= 4 is 37.9 Å². The third-order valence-corrected chi connectivity index (χ3v) is 3.51. The lowest BCUT2D eigenvalue weighted by Crippen LogP contribution is -2.29. The highest BCUT2D eigenvalue weighted by Crippen LogP contribution is 2.13. The van der Waals surface area contributed by atoms with Crippen LogP contribution in [0.1, 0.15) is 18.1 Å². The Labute approximate surface area is 148 Å². The Morgan fingerprint density at radius 3 is 2.46 bits per heavy atom. The minimum atomic E-state index is -0.364. The first-order chi connectivity index (χ1) is 11.5. The monoisotopic (exact) mass is 398 g/mol. The van der Waals surface area contributed by atoms with Crippen LogP contribution in [0.3, 0.4) is 0 Å². The van der Waals surface area contributed by atoms with E-state index >= 15 is 0 Å². The minimum Gasteiger partial charge on any atom is -0.399 e. The van der Waals surface area contributed by atoms with Gasteiger partial charge in [0.2, 0.25) is 0 Å². The summed E-state index contributed by atoms with van der Waals surface area (Å²) in [6.07, 6.45) is 0. The number of oxime groups is 3. The number of hydrogen-bond donors (Lipinski definition) is 1. The first kappa shape index (κ1) is 19.6. The topological polar surface area (TPSA) is 93.9 Å². The molecule has 0 saturated carbocycles. The summed E-state index contributed by atoms with van der Waals surface area (Å²) in [4.78, 5) is 26.7. The van der Waals surface area contributed by atoms with Crippen molar-refractivity contribution < 1.29 is 19.3 Å². The fraction of sp³-hybridized carbons (Fsp3) is 0.333. The smallest absolute Gasteiger partial charge is 0.273 e. The third-order valence-electron chi connectivity index (χ3n) is 2.79. The molecule has 1 aromatic carbocycles. The molecule has 0 heterocycles. The van der Waals surface area contributed by atoms with E-state index in [4.69, 9.17) is 9.68 Å². The second kappa shape index (κ2) is 10.4. The Balaban J connectivity index is 2.99. The maximum atomic E-state index is 12.0. The molecular formula is C15H19BrN4O4. The first-order valence-electron chi connectivity index (χ1n) is 6.90. The number of hydrogen-bond acceptors (Lipinski definition) is 7. The van der Waals surface area contributed by atoms with Gasteiger partial charge in [-0.1, -0.05) is 39.7 Å². The number of nitrogens with zero attached hydrogens (tertiary/aromatic N) is 3. The van der Waals surface area contributed by atoms with Gasteiger partial charge in [0.1, 0.15) is 26.5 Å². The van der Waals surface area contributed by atoms with E-state index in [2.05, 4.69) is 41.6 Å². The second-order valence-corrected chi connectivity index (χ2v) is 5.12. The maximum absolute atomic E-state index is 12.0. The highest BCUT2D eigenvalue weighted by molar-refractivity contribution is 9.19. The predicted octanol–water partition coefficient (Wildman–Crippen LogP) is 2.03. The van der Waals surface area contributed by atoms with Crippen molar-refractivity contribution in [1.82, 2.24) is 5.32 Å². The number of rotatable bonds is 8. The number of amides is 1. The van der Waals surface area contributed by atoms with Crippen LogP contribution in [-0.4, -0.2) is 43.2 Å². The van der Waals surface area contributed by atoms with Crippen LogP contribution in [0.15, 0.2) is 39.7 Å². The molecule has 0 aliphatic carbocycles. The normalized spacial score (nSPS) is 12.6. The van der Waals surface area contributed by atoms with Crippen LogP contribution in [0.2, 0.25) is 0 Å². The number of nitrogens with one attached hydrogen (secondary N) is 1. The van der Waals surface area contributed by atoms with E-state index in [9.17, 15) is 4.79 Å². The molecule has 24 heavy (non-hydrogen) atoms. The zero-order valence-corrected chi connectivity index (χ0v) is 15.5. The third kappa shape index (κ3) is 5.65. The number of halogens is 1. The van der Waals surface area contributed by atoms with E-state index < -0.39 is 0 Å². The lowest BCUT2D eigenvalue weighted by molar-refractivity contribution is -0.114. The maximum Gasteiger partial charge on any atom is 0.273 e. The standard InChI is InChI=1S/C15H19BrN4O4/c1-10(18-22-3)14(16)20-24-9-11-7-5-6-8-12(11)13(19-23-4)15(21)17-2/h5-8H,9H2,1-4H3,(H,17,21).